The molecule has 2 aromatic rings. The molecule has 32 heavy (non-hydrogen) atoms. The normalized spacial score (nSPS) is 14.4. The van der Waals surface area contributed by atoms with Gasteiger partial charge in [-0.25, -0.2) is 13.2 Å². The minimum absolute atomic E-state index is 0.000728. The van der Waals surface area contributed by atoms with Gasteiger partial charge in [-0.3, -0.25) is 19.6 Å². The zero-order valence-electron chi connectivity index (χ0n) is 18.1. The third-order valence-electron chi connectivity index (χ3n) is 4.86. The van der Waals surface area contributed by atoms with E-state index in [0.717, 1.165) is 19.3 Å². The number of aromatic amines is 1. The lowest BCUT2D eigenvalue weighted by atomic mass is 10.1. The number of hydrogen-bond acceptors (Lipinski definition) is 7. The summed E-state index contributed by atoms with van der Waals surface area (Å²) in [5.41, 5.74) is 1.16. The molecule has 0 radical (unpaired) electrons. The molecule has 10 nitrogen and oxygen atoms in total. The number of aromatic nitrogens is 2. The molecule has 1 aliphatic rings. The Hall–Kier alpha value is -3.21. The van der Waals surface area contributed by atoms with Crippen LogP contribution in [0.2, 0.25) is 0 Å². The number of sulfonamides is 1. The average Bonchev–Trinajstić information content (AvgIpc) is 3.12. The number of anilines is 1. The fourth-order valence-electron chi connectivity index (χ4n) is 3.22. The SMILES string of the molecule is CC(C)c1[nH]ncc1C(=O)OCC(=O)Nc1cccc(S(=O)(=O)NC2=NCCCCC2)c1. The lowest BCUT2D eigenvalue weighted by Crippen LogP contribution is -2.30. The highest BCUT2D eigenvalue weighted by Gasteiger charge is 2.20. The lowest BCUT2D eigenvalue weighted by molar-refractivity contribution is -0.119. The minimum Gasteiger partial charge on any atom is -0.452 e. The number of carbonyl (C=O) groups excluding carboxylic acids is 2. The summed E-state index contributed by atoms with van der Waals surface area (Å²) in [6.07, 6.45) is 4.77. The number of hydrogen-bond donors (Lipinski definition) is 3. The highest BCUT2D eigenvalue weighted by Crippen LogP contribution is 2.18. The zero-order valence-corrected chi connectivity index (χ0v) is 18.9. The van der Waals surface area contributed by atoms with E-state index in [1.165, 1.54) is 24.4 Å². The van der Waals surface area contributed by atoms with Crippen molar-refractivity contribution >= 4 is 33.4 Å². The van der Waals surface area contributed by atoms with E-state index in [4.69, 9.17) is 4.74 Å². The van der Waals surface area contributed by atoms with Crippen molar-refractivity contribution in [2.24, 2.45) is 4.99 Å². The van der Waals surface area contributed by atoms with Crippen molar-refractivity contribution in [2.75, 3.05) is 18.5 Å². The van der Waals surface area contributed by atoms with Gasteiger partial charge in [0.1, 0.15) is 11.4 Å². The van der Waals surface area contributed by atoms with Crippen LogP contribution in [0.5, 0.6) is 0 Å². The third-order valence-corrected chi connectivity index (χ3v) is 6.23. The van der Waals surface area contributed by atoms with Crippen molar-refractivity contribution in [3.05, 3.63) is 41.7 Å². The van der Waals surface area contributed by atoms with Gasteiger partial charge in [0, 0.05) is 18.7 Å². The second-order valence-corrected chi connectivity index (χ2v) is 9.43. The molecule has 0 bridgehead atoms. The molecule has 1 amide bonds. The number of esters is 1. The van der Waals surface area contributed by atoms with Crippen molar-refractivity contribution < 1.29 is 22.7 Å². The van der Waals surface area contributed by atoms with Gasteiger partial charge in [0.05, 0.1) is 16.8 Å². The Labute approximate surface area is 186 Å². The van der Waals surface area contributed by atoms with Gasteiger partial charge in [0.25, 0.3) is 15.9 Å². The molecular weight excluding hydrogens is 434 g/mol. The van der Waals surface area contributed by atoms with Gasteiger partial charge in [-0.1, -0.05) is 26.3 Å². The van der Waals surface area contributed by atoms with Crippen LogP contribution in [0, 0.1) is 0 Å². The van der Waals surface area contributed by atoms with Crippen LogP contribution in [0.4, 0.5) is 5.69 Å². The van der Waals surface area contributed by atoms with Crippen LogP contribution in [-0.4, -0.2) is 49.5 Å². The second kappa shape index (κ2) is 10.4. The largest absolute Gasteiger partial charge is 0.452 e. The van der Waals surface area contributed by atoms with E-state index < -0.39 is 28.5 Å². The summed E-state index contributed by atoms with van der Waals surface area (Å²) in [6.45, 7) is 3.88. The van der Waals surface area contributed by atoms with E-state index in [1.54, 1.807) is 6.07 Å². The van der Waals surface area contributed by atoms with Crippen molar-refractivity contribution in [1.29, 1.82) is 0 Å². The molecule has 0 atom stereocenters. The van der Waals surface area contributed by atoms with Gasteiger partial charge in [-0.15, -0.1) is 0 Å². The predicted molar refractivity (Wildman–Crippen MR) is 119 cm³/mol. The van der Waals surface area contributed by atoms with Crippen LogP contribution in [0.15, 0.2) is 40.4 Å². The van der Waals surface area contributed by atoms with E-state index in [9.17, 15) is 18.0 Å². The highest BCUT2D eigenvalue weighted by molar-refractivity contribution is 7.90. The number of aliphatic imine (C=N–C) groups is 1. The highest BCUT2D eigenvalue weighted by atomic mass is 32.2. The third kappa shape index (κ3) is 6.16. The number of nitrogens with zero attached hydrogens (tertiary/aromatic N) is 2. The monoisotopic (exact) mass is 461 g/mol. The Morgan fingerprint density at radius 2 is 2.03 bits per heavy atom. The standard InChI is InChI=1S/C21H27N5O5S/c1-14(2)20-17(12-23-25-20)21(28)31-13-19(27)24-15-7-6-8-16(11-15)32(29,30)26-18-9-4-3-5-10-22-18/h6-8,11-12,14H,3-5,9-10,13H2,1-2H3,(H,22,26)(H,23,25)(H,24,27). The molecule has 1 aliphatic heterocycles. The number of amidine groups is 1. The van der Waals surface area contributed by atoms with Gasteiger partial charge in [0.2, 0.25) is 0 Å². The van der Waals surface area contributed by atoms with Gasteiger partial charge >= 0.3 is 5.97 Å². The van der Waals surface area contributed by atoms with E-state index in [2.05, 4.69) is 25.2 Å². The molecule has 1 aromatic carbocycles. The number of H-pyrrole nitrogens is 1. The van der Waals surface area contributed by atoms with E-state index in [0.29, 0.717) is 24.5 Å². The number of carbonyl (C=O) groups is 2. The first kappa shape index (κ1) is 23.5. The van der Waals surface area contributed by atoms with E-state index in [1.807, 2.05) is 13.8 Å². The maximum Gasteiger partial charge on any atom is 0.342 e. The number of rotatable bonds is 7. The first-order chi connectivity index (χ1) is 15.3. The molecule has 0 unspecified atom stereocenters. The zero-order chi connectivity index (χ0) is 23.1. The minimum atomic E-state index is -3.83. The van der Waals surface area contributed by atoms with Gasteiger partial charge in [-0.2, -0.15) is 5.10 Å². The molecular formula is C21H27N5O5S. The number of ether oxygens (including phenoxy) is 1. The Morgan fingerprint density at radius 3 is 2.81 bits per heavy atom. The van der Waals surface area contributed by atoms with Crippen molar-refractivity contribution in [2.45, 2.75) is 50.3 Å². The molecule has 3 rings (SSSR count). The summed E-state index contributed by atoms with van der Waals surface area (Å²) in [6, 6.07) is 5.84. The van der Waals surface area contributed by atoms with Crippen LogP contribution in [0.1, 0.15) is 61.5 Å². The molecule has 3 N–H and O–H groups in total. The molecule has 0 saturated carbocycles. The van der Waals surface area contributed by atoms with Crippen molar-refractivity contribution in [3.8, 4) is 0 Å². The fraction of sp³-hybridized carbons (Fsp3) is 0.429. The van der Waals surface area contributed by atoms with E-state index >= 15 is 0 Å². The summed E-state index contributed by atoms with van der Waals surface area (Å²) >= 11 is 0. The lowest BCUT2D eigenvalue weighted by Gasteiger charge is -2.11. The first-order valence-corrected chi connectivity index (χ1v) is 11.9. The molecule has 2 heterocycles. The van der Waals surface area contributed by atoms with Gasteiger partial charge in [0.15, 0.2) is 6.61 Å². The Morgan fingerprint density at radius 1 is 1.22 bits per heavy atom. The molecule has 11 heteroatoms. The van der Waals surface area contributed by atoms with Gasteiger partial charge < -0.3 is 10.1 Å². The Balaban J connectivity index is 1.60. The number of benzene rings is 1. The molecule has 172 valence electrons. The molecule has 0 saturated heterocycles. The molecule has 0 fully saturated rings. The quantitative estimate of drug-likeness (QED) is 0.541. The predicted octanol–water partition coefficient (Wildman–Crippen LogP) is 2.58. The van der Waals surface area contributed by atoms with Crippen LogP contribution in [0.3, 0.4) is 0 Å². The summed E-state index contributed by atoms with van der Waals surface area (Å²) in [4.78, 5) is 28.7. The molecule has 1 aromatic heterocycles. The first-order valence-electron chi connectivity index (χ1n) is 10.4. The summed E-state index contributed by atoms with van der Waals surface area (Å²) in [5.74, 6) is -0.772. The van der Waals surface area contributed by atoms with Crippen LogP contribution in [-0.2, 0) is 19.6 Å². The number of amides is 1. The average molecular weight is 462 g/mol. The van der Waals surface area contributed by atoms with Crippen molar-refractivity contribution in [1.82, 2.24) is 14.9 Å². The number of nitrogens with one attached hydrogen (secondary N) is 3. The summed E-state index contributed by atoms with van der Waals surface area (Å²) in [7, 11) is -3.83. The van der Waals surface area contributed by atoms with Crippen LogP contribution in [0.25, 0.3) is 0 Å². The second-order valence-electron chi connectivity index (χ2n) is 7.75. The van der Waals surface area contributed by atoms with Crippen LogP contribution < -0.4 is 10.0 Å². The smallest absolute Gasteiger partial charge is 0.342 e. The topological polar surface area (TPSA) is 143 Å². The van der Waals surface area contributed by atoms with Crippen LogP contribution >= 0.6 is 0 Å². The fourth-order valence-corrected chi connectivity index (χ4v) is 4.35. The Kier molecular flexibility index (Phi) is 7.62. The maximum absolute atomic E-state index is 12.7. The molecule has 0 aliphatic carbocycles. The van der Waals surface area contributed by atoms with Gasteiger partial charge in [-0.05, 0) is 37.0 Å². The maximum atomic E-state index is 12.7. The van der Waals surface area contributed by atoms with Crippen molar-refractivity contribution in [3.63, 3.8) is 0 Å². The summed E-state index contributed by atoms with van der Waals surface area (Å²) in [5, 5.41) is 9.13. The molecule has 0 spiro atoms. The Bertz CT molecular complexity index is 1110. The summed E-state index contributed by atoms with van der Waals surface area (Å²) < 4.78 is 33.0. The van der Waals surface area contributed by atoms with E-state index in [-0.39, 0.29) is 22.1 Å².